The van der Waals surface area contributed by atoms with Crippen molar-refractivity contribution in [1.82, 2.24) is 4.90 Å². The van der Waals surface area contributed by atoms with E-state index in [2.05, 4.69) is 66.1 Å². The Morgan fingerprint density at radius 3 is 2.40 bits per heavy atom. The lowest BCUT2D eigenvalue weighted by molar-refractivity contribution is 0.235. The second kappa shape index (κ2) is 8.59. The van der Waals surface area contributed by atoms with Crippen LogP contribution in [0.25, 0.3) is 0 Å². The van der Waals surface area contributed by atoms with E-state index in [1.807, 2.05) is 6.07 Å². The Hall–Kier alpha value is -1.71. The van der Waals surface area contributed by atoms with Crippen LogP contribution in [-0.2, 0) is 12.4 Å². The predicted octanol–water partition coefficient (Wildman–Crippen LogP) is 4.53. The molecule has 0 N–H and O–H groups in total. The topological polar surface area (TPSA) is 15.7 Å². The Kier molecular flexibility index (Phi) is 6.22. The van der Waals surface area contributed by atoms with Crippen LogP contribution in [0.4, 0.5) is 5.69 Å². The highest BCUT2D eigenvalue weighted by atomic mass is 35.5. The van der Waals surface area contributed by atoms with Crippen LogP contribution >= 0.6 is 11.6 Å². The van der Waals surface area contributed by atoms with Crippen molar-refractivity contribution in [2.75, 3.05) is 31.1 Å². The molecule has 2 aromatic carbocycles. The molecule has 3 rings (SSSR count). The van der Waals surface area contributed by atoms with E-state index < -0.39 is 0 Å². The summed E-state index contributed by atoms with van der Waals surface area (Å²) in [4.78, 5) is 4.94. The number of hydrogen-bond donors (Lipinski definition) is 0. The zero-order valence-electron chi connectivity index (χ0n) is 15.1. The number of anilines is 1. The van der Waals surface area contributed by atoms with E-state index in [0.29, 0.717) is 5.88 Å². The Balaban J connectivity index is 1.60. The van der Waals surface area contributed by atoms with Gasteiger partial charge in [0.15, 0.2) is 0 Å². The maximum Gasteiger partial charge on any atom is 0.142 e. The molecule has 0 spiro atoms. The molecule has 134 valence electrons. The van der Waals surface area contributed by atoms with Crippen molar-refractivity contribution in [1.29, 1.82) is 0 Å². The second-order valence-corrected chi connectivity index (χ2v) is 7.12. The highest BCUT2D eigenvalue weighted by molar-refractivity contribution is 6.17. The molecular formula is C21H27ClN2O. The summed E-state index contributed by atoms with van der Waals surface area (Å²) in [6.07, 6.45) is 0.191. The van der Waals surface area contributed by atoms with Gasteiger partial charge in [-0.15, -0.1) is 11.6 Å². The predicted molar refractivity (Wildman–Crippen MR) is 106 cm³/mol. The molecule has 1 heterocycles. The van der Waals surface area contributed by atoms with Crippen molar-refractivity contribution in [2.45, 2.75) is 32.4 Å². The van der Waals surface area contributed by atoms with Crippen molar-refractivity contribution in [2.24, 2.45) is 0 Å². The summed E-state index contributed by atoms with van der Waals surface area (Å²) in [5.74, 6) is 1.56. The lowest BCUT2D eigenvalue weighted by Crippen LogP contribution is -2.46. The second-order valence-electron chi connectivity index (χ2n) is 6.85. The molecule has 4 heteroatoms. The van der Waals surface area contributed by atoms with E-state index >= 15 is 0 Å². The van der Waals surface area contributed by atoms with Gasteiger partial charge in [0, 0.05) is 38.6 Å². The van der Waals surface area contributed by atoms with Gasteiger partial charge in [-0.05, 0) is 37.1 Å². The number of hydrogen-bond acceptors (Lipinski definition) is 3. The number of piperazine rings is 1. The first-order valence-corrected chi connectivity index (χ1v) is 9.56. The molecule has 1 aliphatic heterocycles. The zero-order chi connectivity index (χ0) is 17.6. The first kappa shape index (κ1) is 18.1. The summed E-state index contributed by atoms with van der Waals surface area (Å²) in [5.41, 5.74) is 3.74. The molecule has 0 radical (unpaired) electrons. The molecule has 0 aromatic heterocycles. The van der Waals surface area contributed by atoms with E-state index in [9.17, 15) is 0 Å². The van der Waals surface area contributed by atoms with Crippen molar-refractivity contribution >= 4 is 17.3 Å². The maximum absolute atomic E-state index is 5.98. The van der Waals surface area contributed by atoms with E-state index in [4.69, 9.17) is 16.3 Å². The fourth-order valence-corrected chi connectivity index (χ4v) is 3.45. The quantitative estimate of drug-likeness (QED) is 0.705. The maximum atomic E-state index is 5.98. The molecule has 0 amide bonds. The summed E-state index contributed by atoms with van der Waals surface area (Å²) in [6, 6.07) is 17.0. The van der Waals surface area contributed by atoms with Gasteiger partial charge in [0.1, 0.15) is 5.75 Å². The minimum atomic E-state index is 0.191. The lowest BCUT2D eigenvalue weighted by Gasteiger charge is -2.37. The molecule has 0 bridgehead atoms. The van der Waals surface area contributed by atoms with Gasteiger partial charge < -0.3 is 9.64 Å². The summed E-state index contributed by atoms with van der Waals surface area (Å²) in [7, 11) is 0. The number of halogens is 1. The molecule has 1 aliphatic rings. The molecule has 0 unspecified atom stereocenters. The van der Waals surface area contributed by atoms with Crippen LogP contribution in [0, 0.1) is 0 Å². The van der Waals surface area contributed by atoms with Crippen LogP contribution in [0.15, 0.2) is 48.5 Å². The van der Waals surface area contributed by atoms with E-state index in [0.717, 1.165) is 38.5 Å². The van der Waals surface area contributed by atoms with Gasteiger partial charge in [-0.1, -0.05) is 36.4 Å². The molecule has 3 nitrogen and oxygen atoms in total. The Bertz CT molecular complexity index is 681. The van der Waals surface area contributed by atoms with Gasteiger partial charge in [0.05, 0.1) is 11.8 Å². The molecule has 25 heavy (non-hydrogen) atoms. The Labute approximate surface area is 156 Å². The van der Waals surface area contributed by atoms with Crippen LogP contribution < -0.4 is 9.64 Å². The Morgan fingerprint density at radius 1 is 0.960 bits per heavy atom. The number of rotatable bonds is 6. The van der Waals surface area contributed by atoms with Crippen molar-refractivity contribution < 1.29 is 4.74 Å². The van der Waals surface area contributed by atoms with Gasteiger partial charge in [0.2, 0.25) is 0 Å². The minimum absolute atomic E-state index is 0.191. The monoisotopic (exact) mass is 358 g/mol. The van der Waals surface area contributed by atoms with Crippen molar-refractivity contribution in [3.8, 4) is 5.75 Å². The third-order valence-corrected chi connectivity index (χ3v) is 4.80. The number of ether oxygens (including phenoxy) is 1. The van der Waals surface area contributed by atoms with Crippen LogP contribution in [0.3, 0.4) is 0 Å². The van der Waals surface area contributed by atoms with Crippen LogP contribution in [0.2, 0.25) is 0 Å². The number of alkyl halides is 1. The summed E-state index contributed by atoms with van der Waals surface area (Å²) in [6.45, 7) is 9.29. The Morgan fingerprint density at radius 2 is 1.68 bits per heavy atom. The van der Waals surface area contributed by atoms with E-state index in [1.54, 1.807) is 0 Å². The number of nitrogens with zero attached hydrogens (tertiary/aromatic N) is 2. The third-order valence-electron chi connectivity index (χ3n) is 4.49. The standard InChI is InChI=1S/C21H27ClN2O/c1-17(2)25-21-9-4-3-8-20(21)24-12-10-23(11-13-24)16-19-7-5-6-18(14-19)15-22/h3-9,14,17H,10-13,15-16H2,1-2H3. The largest absolute Gasteiger partial charge is 0.489 e. The van der Waals surface area contributed by atoms with E-state index in [1.165, 1.54) is 16.8 Å². The molecule has 0 saturated carbocycles. The fraction of sp³-hybridized carbons (Fsp3) is 0.429. The molecule has 1 saturated heterocycles. The molecular weight excluding hydrogens is 332 g/mol. The van der Waals surface area contributed by atoms with Gasteiger partial charge in [-0.2, -0.15) is 0 Å². The van der Waals surface area contributed by atoms with Gasteiger partial charge in [-0.3, -0.25) is 4.90 Å². The van der Waals surface area contributed by atoms with Crippen molar-refractivity contribution in [3.05, 3.63) is 59.7 Å². The average molecular weight is 359 g/mol. The smallest absolute Gasteiger partial charge is 0.142 e. The highest BCUT2D eigenvalue weighted by Crippen LogP contribution is 2.29. The summed E-state index contributed by atoms with van der Waals surface area (Å²) < 4.78 is 5.98. The fourth-order valence-electron chi connectivity index (χ4n) is 3.29. The average Bonchev–Trinajstić information content (AvgIpc) is 2.63. The molecule has 2 aromatic rings. The van der Waals surface area contributed by atoms with Gasteiger partial charge >= 0.3 is 0 Å². The van der Waals surface area contributed by atoms with Crippen LogP contribution in [0.5, 0.6) is 5.75 Å². The number of para-hydroxylation sites is 2. The summed E-state index contributed by atoms with van der Waals surface area (Å²) in [5, 5.41) is 0. The van der Waals surface area contributed by atoms with E-state index in [-0.39, 0.29) is 6.10 Å². The first-order chi connectivity index (χ1) is 12.2. The number of benzene rings is 2. The lowest BCUT2D eigenvalue weighted by atomic mass is 10.1. The summed E-state index contributed by atoms with van der Waals surface area (Å²) >= 11 is 5.95. The first-order valence-electron chi connectivity index (χ1n) is 9.02. The molecule has 0 atom stereocenters. The molecule has 1 fully saturated rings. The SMILES string of the molecule is CC(C)Oc1ccccc1N1CCN(Cc2cccc(CCl)c2)CC1. The van der Waals surface area contributed by atoms with Crippen molar-refractivity contribution in [3.63, 3.8) is 0 Å². The molecule has 0 aliphatic carbocycles. The highest BCUT2D eigenvalue weighted by Gasteiger charge is 2.20. The van der Waals surface area contributed by atoms with Gasteiger partial charge in [0.25, 0.3) is 0 Å². The minimum Gasteiger partial charge on any atom is -0.489 e. The van der Waals surface area contributed by atoms with Gasteiger partial charge in [-0.25, -0.2) is 0 Å². The normalized spacial score (nSPS) is 15.6. The third kappa shape index (κ3) is 4.90. The van der Waals surface area contributed by atoms with Crippen LogP contribution in [0.1, 0.15) is 25.0 Å². The zero-order valence-corrected chi connectivity index (χ0v) is 15.9. The van der Waals surface area contributed by atoms with Crippen LogP contribution in [-0.4, -0.2) is 37.2 Å².